The van der Waals surface area contributed by atoms with Crippen LogP contribution < -0.4 is 10.1 Å². The molecule has 3 nitrogen and oxygen atoms in total. The third-order valence-corrected chi connectivity index (χ3v) is 4.15. The summed E-state index contributed by atoms with van der Waals surface area (Å²) in [6.07, 6.45) is 0. The van der Waals surface area contributed by atoms with Crippen molar-refractivity contribution in [3.05, 3.63) is 64.8 Å². The third kappa shape index (κ3) is 2.14. The quantitative estimate of drug-likeness (QED) is 0.679. The first kappa shape index (κ1) is 12.7. The van der Waals surface area contributed by atoms with E-state index in [1.807, 2.05) is 42.5 Å². The number of nitriles is 1. The van der Waals surface area contributed by atoms with E-state index in [4.69, 9.17) is 9.68 Å². The van der Waals surface area contributed by atoms with Crippen LogP contribution in [0, 0.1) is 10.2 Å². The minimum absolute atomic E-state index is 0.0785. The molecule has 20 heavy (non-hydrogen) atoms. The number of rotatable bonds is 2. The van der Waals surface area contributed by atoms with Crippen LogP contribution in [0.4, 0.5) is 0 Å². The van der Waals surface area contributed by atoms with Crippen molar-refractivity contribution in [3.8, 4) is 16.1 Å². The van der Waals surface area contributed by atoms with Gasteiger partial charge in [-0.25, -0.2) is 0 Å². The summed E-state index contributed by atoms with van der Waals surface area (Å²) in [6, 6.07) is 16.5. The summed E-state index contributed by atoms with van der Waals surface area (Å²) in [6.45, 7) is 0. The molecule has 0 aliphatic rings. The Labute approximate surface area is 121 Å². The molecular formula is C16H9NO2Se. The standard InChI is InChI=1S/C16H9NO2Se/c17-10-20-16-14(11-6-2-1-3-7-11)15(18)12-8-4-5-9-13(12)19-16/h1-9H. The Hall–Kier alpha value is -2.34. The predicted octanol–water partition coefficient (Wildman–Crippen LogP) is 2.27. The van der Waals surface area contributed by atoms with Crippen molar-refractivity contribution in [1.29, 1.82) is 5.26 Å². The van der Waals surface area contributed by atoms with Crippen molar-refractivity contribution in [1.82, 2.24) is 0 Å². The van der Waals surface area contributed by atoms with Gasteiger partial charge in [0.05, 0.1) is 0 Å². The van der Waals surface area contributed by atoms with Gasteiger partial charge >= 0.3 is 121 Å². The zero-order valence-corrected chi connectivity index (χ0v) is 12.1. The van der Waals surface area contributed by atoms with Gasteiger partial charge in [0.2, 0.25) is 0 Å². The molecule has 0 spiro atoms. The van der Waals surface area contributed by atoms with Gasteiger partial charge in [0.25, 0.3) is 0 Å². The molecule has 2 aromatic carbocycles. The van der Waals surface area contributed by atoms with Crippen LogP contribution >= 0.6 is 0 Å². The molecule has 0 atom stereocenters. The van der Waals surface area contributed by atoms with Gasteiger partial charge in [-0.05, 0) is 0 Å². The monoisotopic (exact) mass is 327 g/mol. The molecule has 0 fully saturated rings. The number of para-hydroxylation sites is 1. The van der Waals surface area contributed by atoms with Crippen molar-refractivity contribution in [2.45, 2.75) is 0 Å². The summed E-state index contributed by atoms with van der Waals surface area (Å²) in [5.74, 6) is 0. The Morgan fingerprint density at radius 2 is 1.70 bits per heavy atom. The normalized spacial score (nSPS) is 10.3. The van der Waals surface area contributed by atoms with Crippen molar-refractivity contribution in [2.24, 2.45) is 0 Å². The molecule has 1 heterocycles. The topological polar surface area (TPSA) is 54.0 Å². The van der Waals surface area contributed by atoms with Gasteiger partial charge in [-0.3, -0.25) is 0 Å². The molecular weight excluding hydrogens is 317 g/mol. The molecule has 1 aromatic heterocycles. The number of fused-ring (bicyclic) bond motifs is 1. The minimum atomic E-state index is -0.519. The molecule has 4 heteroatoms. The molecule has 3 aromatic rings. The summed E-state index contributed by atoms with van der Waals surface area (Å²) in [4.78, 5) is 14.8. The average molecular weight is 326 g/mol. The molecule has 0 aliphatic heterocycles. The van der Waals surface area contributed by atoms with E-state index in [0.29, 0.717) is 21.2 Å². The Morgan fingerprint density at radius 1 is 1.00 bits per heavy atom. The van der Waals surface area contributed by atoms with Gasteiger partial charge in [-0.2, -0.15) is 0 Å². The van der Waals surface area contributed by atoms with Gasteiger partial charge in [-0.15, -0.1) is 0 Å². The van der Waals surface area contributed by atoms with Crippen LogP contribution in [0.25, 0.3) is 22.1 Å². The average Bonchev–Trinajstić information content (AvgIpc) is 2.49. The van der Waals surface area contributed by atoms with E-state index in [1.165, 1.54) is 0 Å². The van der Waals surface area contributed by atoms with E-state index >= 15 is 0 Å². The van der Waals surface area contributed by atoms with E-state index in [-0.39, 0.29) is 5.43 Å². The van der Waals surface area contributed by atoms with Gasteiger partial charge in [0.15, 0.2) is 0 Å². The fraction of sp³-hybridized carbons (Fsp3) is 0. The van der Waals surface area contributed by atoms with Crippen molar-refractivity contribution < 1.29 is 4.42 Å². The Morgan fingerprint density at radius 3 is 2.45 bits per heavy atom. The molecule has 0 bridgehead atoms. The summed E-state index contributed by atoms with van der Waals surface area (Å²) >= 11 is -0.519. The summed E-state index contributed by atoms with van der Waals surface area (Å²) < 4.78 is 6.26. The molecule has 3 rings (SSSR count). The maximum atomic E-state index is 12.7. The third-order valence-electron chi connectivity index (χ3n) is 2.97. The zero-order chi connectivity index (χ0) is 13.9. The number of benzene rings is 2. The summed E-state index contributed by atoms with van der Waals surface area (Å²) in [5.41, 5.74) is 1.75. The van der Waals surface area contributed by atoms with Crippen molar-refractivity contribution in [3.63, 3.8) is 0 Å². The first-order valence-corrected chi connectivity index (χ1v) is 7.70. The van der Waals surface area contributed by atoms with Crippen LogP contribution in [0.3, 0.4) is 0 Å². The van der Waals surface area contributed by atoms with Gasteiger partial charge < -0.3 is 0 Å². The molecule has 0 N–H and O–H groups in total. The molecule has 0 saturated carbocycles. The molecule has 0 unspecified atom stereocenters. The van der Waals surface area contributed by atoms with Crippen molar-refractivity contribution in [2.75, 3.05) is 0 Å². The maximum absolute atomic E-state index is 12.7. The number of hydrogen-bond donors (Lipinski definition) is 0. The molecule has 0 aliphatic carbocycles. The summed E-state index contributed by atoms with van der Waals surface area (Å²) in [7, 11) is 0. The second kappa shape index (κ2) is 5.34. The van der Waals surface area contributed by atoms with Crippen LogP contribution in [-0.4, -0.2) is 15.0 Å². The second-order valence-electron chi connectivity index (χ2n) is 4.15. The van der Waals surface area contributed by atoms with Crippen LogP contribution in [0.5, 0.6) is 0 Å². The first-order valence-electron chi connectivity index (χ1n) is 5.98. The molecule has 0 amide bonds. The van der Waals surface area contributed by atoms with E-state index in [0.717, 1.165) is 5.56 Å². The number of nitrogens with zero attached hydrogens (tertiary/aromatic N) is 1. The van der Waals surface area contributed by atoms with Crippen LogP contribution in [0.15, 0.2) is 63.8 Å². The summed E-state index contributed by atoms with van der Waals surface area (Å²) in [5, 5.41) is 9.51. The van der Waals surface area contributed by atoms with Crippen LogP contribution in [0.1, 0.15) is 0 Å². The van der Waals surface area contributed by atoms with Gasteiger partial charge in [-0.1, -0.05) is 0 Å². The number of hydrogen-bond acceptors (Lipinski definition) is 3. The van der Waals surface area contributed by atoms with Gasteiger partial charge in [0.1, 0.15) is 0 Å². The Kier molecular flexibility index (Phi) is 3.39. The fourth-order valence-corrected chi connectivity index (χ4v) is 3.19. The first-order chi connectivity index (χ1) is 9.81. The molecule has 96 valence electrons. The fourth-order valence-electron chi connectivity index (χ4n) is 2.09. The Balaban J connectivity index is 2.40. The zero-order valence-electron chi connectivity index (χ0n) is 10.4. The van der Waals surface area contributed by atoms with Crippen molar-refractivity contribution >= 4 is 30.6 Å². The van der Waals surface area contributed by atoms with Crippen LogP contribution in [-0.2, 0) is 0 Å². The van der Waals surface area contributed by atoms with E-state index in [9.17, 15) is 4.79 Å². The Bertz CT molecular complexity index is 863. The predicted molar refractivity (Wildman–Crippen MR) is 78.9 cm³/mol. The molecule has 0 radical (unpaired) electrons. The van der Waals surface area contributed by atoms with Gasteiger partial charge in [0, 0.05) is 0 Å². The van der Waals surface area contributed by atoms with Crippen LogP contribution in [0.2, 0.25) is 0 Å². The van der Waals surface area contributed by atoms with E-state index in [1.54, 1.807) is 12.1 Å². The molecule has 0 saturated heterocycles. The second-order valence-corrected chi connectivity index (χ2v) is 5.74. The van der Waals surface area contributed by atoms with E-state index in [2.05, 4.69) is 4.97 Å². The SMILES string of the molecule is N#C[Se]c1oc2ccccc2c(=O)c1-c1ccccc1. The van der Waals surface area contributed by atoms with E-state index < -0.39 is 15.0 Å².